The van der Waals surface area contributed by atoms with Crippen LogP contribution < -0.4 is 0 Å². The van der Waals surface area contributed by atoms with E-state index in [9.17, 15) is 0 Å². The molecule has 1 saturated carbocycles. The fraction of sp³-hybridized carbons (Fsp3) is 0.562. The number of likely N-dealkylation sites (tertiary alicyclic amines) is 1. The minimum Gasteiger partial charge on any atom is -0.299 e. The van der Waals surface area contributed by atoms with Crippen molar-refractivity contribution in [2.24, 2.45) is 11.3 Å². The molecule has 18 heavy (non-hydrogen) atoms. The van der Waals surface area contributed by atoms with Crippen LogP contribution in [-0.2, 0) is 6.54 Å². The van der Waals surface area contributed by atoms with Gasteiger partial charge in [0.05, 0.1) is 6.07 Å². The Kier molecular flexibility index (Phi) is 3.09. The maximum atomic E-state index is 8.89. The summed E-state index contributed by atoms with van der Waals surface area (Å²) in [6.45, 7) is 3.48. The average Bonchev–Trinajstić information content (AvgIpc) is 2.38. The quantitative estimate of drug-likeness (QED) is 0.793. The normalized spacial score (nSPS) is 23.5. The monoisotopic (exact) mass is 240 g/mol. The summed E-state index contributed by atoms with van der Waals surface area (Å²) in [6, 6.07) is 13.1. The second-order valence-corrected chi connectivity index (χ2v) is 6.00. The summed E-state index contributed by atoms with van der Waals surface area (Å²) in [5, 5.41) is 8.89. The molecule has 1 heterocycles. The van der Waals surface area contributed by atoms with E-state index in [1.807, 2.05) is 0 Å². The number of benzene rings is 1. The highest BCUT2D eigenvalue weighted by molar-refractivity contribution is 5.14. The zero-order valence-corrected chi connectivity index (χ0v) is 10.8. The van der Waals surface area contributed by atoms with Gasteiger partial charge in [-0.25, -0.2) is 0 Å². The summed E-state index contributed by atoms with van der Waals surface area (Å²) in [6.07, 6.45) is 4.89. The van der Waals surface area contributed by atoms with Crippen molar-refractivity contribution in [1.82, 2.24) is 4.90 Å². The van der Waals surface area contributed by atoms with Crippen molar-refractivity contribution in [2.45, 2.75) is 32.2 Å². The molecule has 94 valence electrons. The molecule has 0 radical (unpaired) electrons. The van der Waals surface area contributed by atoms with Crippen molar-refractivity contribution in [2.75, 3.05) is 13.1 Å². The van der Waals surface area contributed by atoms with E-state index in [0.717, 1.165) is 19.4 Å². The van der Waals surface area contributed by atoms with Gasteiger partial charge in [-0.05, 0) is 49.8 Å². The van der Waals surface area contributed by atoms with Crippen LogP contribution in [-0.4, -0.2) is 18.0 Å². The minimum atomic E-state index is 0.352. The molecule has 1 saturated heterocycles. The van der Waals surface area contributed by atoms with Crippen molar-refractivity contribution in [3.05, 3.63) is 35.9 Å². The zero-order chi connectivity index (χ0) is 12.4. The van der Waals surface area contributed by atoms with Gasteiger partial charge >= 0.3 is 0 Å². The van der Waals surface area contributed by atoms with Crippen LogP contribution in [0.1, 0.15) is 31.2 Å². The molecule has 1 aromatic carbocycles. The Hall–Kier alpha value is -1.33. The maximum Gasteiger partial charge on any atom is 0.0656 e. The topological polar surface area (TPSA) is 27.0 Å². The summed E-state index contributed by atoms with van der Waals surface area (Å²) in [7, 11) is 0. The van der Waals surface area contributed by atoms with Crippen LogP contribution in [0.3, 0.4) is 0 Å². The van der Waals surface area contributed by atoms with E-state index < -0.39 is 0 Å². The molecule has 0 bridgehead atoms. The van der Waals surface area contributed by atoms with E-state index in [2.05, 4.69) is 41.3 Å². The summed E-state index contributed by atoms with van der Waals surface area (Å²) in [4.78, 5) is 2.56. The highest BCUT2D eigenvalue weighted by atomic mass is 15.1. The number of rotatable bonds is 2. The lowest BCUT2D eigenvalue weighted by Crippen LogP contribution is -2.46. The molecular weight excluding hydrogens is 220 g/mol. The van der Waals surface area contributed by atoms with Crippen LogP contribution in [0.25, 0.3) is 0 Å². The Morgan fingerprint density at radius 1 is 1.17 bits per heavy atom. The summed E-state index contributed by atoms with van der Waals surface area (Å²) in [5.74, 6) is 0.352. The van der Waals surface area contributed by atoms with Gasteiger partial charge in [-0.3, -0.25) is 4.90 Å². The molecule has 1 aliphatic carbocycles. The third-order valence-corrected chi connectivity index (χ3v) is 4.71. The third-order valence-electron chi connectivity index (χ3n) is 4.71. The van der Waals surface area contributed by atoms with E-state index >= 15 is 0 Å². The lowest BCUT2D eigenvalue weighted by Gasteiger charge is -2.50. The fourth-order valence-corrected chi connectivity index (χ4v) is 3.51. The Balaban J connectivity index is 1.51. The van der Waals surface area contributed by atoms with Crippen molar-refractivity contribution in [3.63, 3.8) is 0 Å². The van der Waals surface area contributed by atoms with E-state index in [4.69, 9.17) is 5.26 Å². The van der Waals surface area contributed by atoms with E-state index in [0.29, 0.717) is 11.3 Å². The summed E-state index contributed by atoms with van der Waals surface area (Å²) in [5.41, 5.74) is 1.95. The van der Waals surface area contributed by atoms with E-state index in [1.54, 1.807) is 0 Å². The second-order valence-electron chi connectivity index (χ2n) is 6.00. The van der Waals surface area contributed by atoms with Crippen molar-refractivity contribution >= 4 is 0 Å². The number of nitrogens with zero attached hydrogens (tertiary/aromatic N) is 2. The Bertz CT molecular complexity index is 430. The van der Waals surface area contributed by atoms with Gasteiger partial charge in [-0.15, -0.1) is 0 Å². The van der Waals surface area contributed by atoms with Crippen molar-refractivity contribution in [1.29, 1.82) is 5.26 Å². The Morgan fingerprint density at radius 2 is 1.83 bits per heavy atom. The van der Waals surface area contributed by atoms with Gasteiger partial charge in [-0.1, -0.05) is 30.3 Å². The van der Waals surface area contributed by atoms with Crippen molar-refractivity contribution in [3.8, 4) is 6.07 Å². The summed E-state index contributed by atoms with van der Waals surface area (Å²) >= 11 is 0. The van der Waals surface area contributed by atoms with Crippen LogP contribution in [0.4, 0.5) is 0 Å². The molecule has 1 spiro atoms. The lowest BCUT2D eigenvalue weighted by atomic mass is 9.58. The number of hydrogen-bond donors (Lipinski definition) is 0. The molecule has 1 aliphatic heterocycles. The van der Waals surface area contributed by atoms with Gasteiger partial charge in [0.1, 0.15) is 0 Å². The molecule has 3 rings (SSSR count). The number of hydrogen-bond acceptors (Lipinski definition) is 2. The molecule has 0 N–H and O–H groups in total. The average molecular weight is 240 g/mol. The Morgan fingerprint density at radius 3 is 2.44 bits per heavy atom. The minimum absolute atomic E-state index is 0.352. The molecule has 2 fully saturated rings. The molecule has 0 atom stereocenters. The molecular formula is C16H20N2. The molecule has 0 unspecified atom stereocenters. The molecule has 2 heteroatoms. The SMILES string of the molecule is N#CC1CC2(CCN(Cc3ccccc3)CC2)C1. The van der Waals surface area contributed by atoms with Gasteiger partial charge < -0.3 is 0 Å². The van der Waals surface area contributed by atoms with Gasteiger partial charge in [-0.2, -0.15) is 5.26 Å². The molecule has 1 aromatic rings. The van der Waals surface area contributed by atoms with Crippen LogP contribution in [0.5, 0.6) is 0 Å². The standard InChI is InChI=1S/C16H20N2/c17-12-15-10-16(11-15)6-8-18(9-7-16)13-14-4-2-1-3-5-14/h1-5,15H,6-11,13H2. The molecule has 2 nitrogen and oxygen atoms in total. The van der Waals surface area contributed by atoms with Gasteiger partial charge in [0, 0.05) is 12.5 Å². The highest BCUT2D eigenvalue weighted by Gasteiger charge is 2.45. The maximum absolute atomic E-state index is 8.89. The summed E-state index contributed by atoms with van der Waals surface area (Å²) < 4.78 is 0. The highest BCUT2D eigenvalue weighted by Crippen LogP contribution is 2.52. The van der Waals surface area contributed by atoms with Crippen molar-refractivity contribution < 1.29 is 0 Å². The van der Waals surface area contributed by atoms with Crippen LogP contribution in [0.2, 0.25) is 0 Å². The van der Waals surface area contributed by atoms with Gasteiger partial charge in [0.2, 0.25) is 0 Å². The largest absolute Gasteiger partial charge is 0.299 e. The number of piperidine rings is 1. The number of nitriles is 1. The van der Waals surface area contributed by atoms with Crippen LogP contribution in [0.15, 0.2) is 30.3 Å². The van der Waals surface area contributed by atoms with E-state index in [1.165, 1.54) is 31.5 Å². The van der Waals surface area contributed by atoms with Gasteiger partial charge in [0.25, 0.3) is 0 Å². The van der Waals surface area contributed by atoms with Crippen LogP contribution >= 0.6 is 0 Å². The predicted octanol–water partition coefficient (Wildman–Crippen LogP) is 3.20. The first kappa shape index (κ1) is 11.7. The predicted molar refractivity (Wildman–Crippen MR) is 71.7 cm³/mol. The molecule has 0 amide bonds. The van der Waals surface area contributed by atoms with Crippen LogP contribution in [0, 0.1) is 22.7 Å². The lowest BCUT2D eigenvalue weighted by molar-refractivity contribution is 0.00474. The first-order chi connectivity index (χ1) is 8.80. The fourth-order valence-electron chi connectivity index (χ4n) is 3.51. The third kappa shape index (κ3) is 2.28. The second kappa shape index (κ2) is 4.74. The Labute approximate surface area is 109 Å². The van der Waals surface area contributed by atoms with Gasteiger partial charge in [0.15, 0.2) is 0 Å². The van der Waals surface area contributed by atoms with E-state index in [-0.39, 0.29) is 0 Å². The first-order valence-corrected chi connectivity index (χ1v) is 6.96. The first-order valence-electron chi connectivity index (χ1n) is 6.96. The smallest absolute Gasteiger partial charge is 0.0656 e. The zero-order valence-electron chi connectivity index (χ0n) is 10.8. The molecule has 0 aromatic heterocycles. The molecule has 2 aliphatic rings.